The fourth-order valence-electron chi connectivity index (χ4n) is 1.86. The van der Waals surface area contributed by atoms with E-state index in [0.717, 1.165) is 0 Å². The van der Waals surface area contributed by atoms with Crippen molar-refractivity contribution in [3.05, 3.63) is 58.6 Å². The molecule has 0 bridgehead atoms. The Morgan fingerprint density at radius 1 is 0.947 bits per heavy atom. The Balaban J connectivity index is 2.54. The second kappa shape index (κ2) is 5.76. The minimum atomic E-state index is -0.193. The van der Waals surface area contributed by atoms with Crippen molar-refractivity contribution in [2.45, 2.75) is 0 Å². The predicted octanol–water partition coefficient (Wildman–Crippen LogP) is 3.59. The van der Waals surface area contributed by atoms with Crippen molar-refractivity contribution in [1.29, 1.82) is 0 Å². The van der Waals surface area contributed by atoms with E-state index in [4.69, 9.17) is 21.1 Å². The minimum Gasteiger partial charge on any atom is -0.493 e. The molecule has 0 saturated heterocycles. The zero-order chi connectivity index (χ0) is 13.8. The number of ether oxygens (including phenoxy) is 2. The summed E-state index contributed by atoms with van der Waals surface area (Å²) >= 11 is 6.05. The fourth-order valence-corrected chi connectivity index (χ4v) is 2.08. The summed E-state index contributed by atoms with van der Waals surface area (Å²) in [6.45, 7) is 0. The molecule has 0 aliphatic carbocycles. The lowest BCUT2D eigenvalue weighted by Gasteiger charge is -2.12. The van der Waals surface area contributed by atoms with Gasteiger partial charge in [0.05, 0.1) is 24.8 Å². The largest absolute Gasteiger partial charge is 0.493 e. The predicted molar refractivity (Wildman–Crippen MR) is 74.4 cm³/mol. The molecule has 2 rings (SSSR count). The highest BCUT2D eigenvalue weighted by molar-refractivity contribution is 6.35. The maximum Gasteiger partial charge on any atom is 0.198 e. The number of methoxy groups -OCH3 is 2. The van der Waals surface area contributed by atoms with Crippen molar-refractivity contribution in [2.75, 3.05) is 14.2 Å². The molecule has 0 spiro atoms. The van der Waals surface area contributed by atoms with Gasteiger partial charge >= 0.3 is 0 Å². The molecular formula is C15H13ClO3. The number of carbonyl (C=O) groups is 1. The van der Waals surface area contributed by atoms with Crippen molar-refractivity contribution in [1.82, 2.24) is 0 Å². The Hall–Kier alpha value is -2.00. The summed E-state index contributed by atoms with van der Waals surface area (Å²) in [4.78, 5) is 12.5. The zero-order valence-electron chi connectivity index (χ0n) is 10.6. The first kappa shape index (κ1) is 13.4. The number of carbonyl (C=O) groups excluding carboxylic acids is 1. The van der Waals surface area contributed by atoms with Crippen LogP contribution >= 0.6 is 11.6 Å². The Labute approximate surface area is 116 Å². The van der Waals surface area contributed by atoms with Gasteiger partial charge < -0.3 is 9.47 Å². The lowest BCUT2D eigenvalue weighted by Crippen LogP contribution is -2.05. The number of ketones is 1. The highest BCUT2D eigenvalue weighted by Gasteiger charge is 2.19. The van der Waals surface area contributed by atoms with Crippen LogP contribution in [-0.4, -0.2) is 20.0 Å². The van der Waals surface area contributed by atoms with Gasteiger partial charge in [0.15, 0.2) is 17.3 Å². The van der Waals surface area contributed by atoms with Crippen LogP contribution in [0.25, 0.3) is 0 Å². The number of para-hydroxylation sites is 1. The van der Waals surface area contributed by atoms with Gasteiger partial charge in [0, 0.05) is 5.56 Å². The number of halogens is 1. The smallest absolute Gasteiger partial charge is 0.198 e. The Bertz CT molecular complexity index is 608. The number of benzene rings is 2. The zero-order valence-corrected chi connectivity index (χ0v) is 11.4. The lowest BCUT2D eigenvalue weighted by molar-refractivity contribution is 0.103. The standard InChI is InChI=1S/C15H13ClO3/c1-18-13-9-5-7-11(15(13)19-2)14(17)10-6-3-4-8-12(10)16/h3-9H,1-2H3. The summed E-state index contributed by atoms with van der Waals surface area (Å²) in [5, 5.41) is 0.414. The highest BCUT2D eigenvalue weighted by Crippen LogP contribution is 2.33. The first-order valence-electron chi connectivity index (χ1n) is 5.69. The molecule has 0 aliphatic rings. The Kier molecular flexibility index (Phi) is 4.07. The summed E-state index contributed by atoms with van der Waals surface area (Å²) in [5.74, 6) is 0.733. The van der Waals surface area contributed by atoms with Gasteiger partial charge in [-0.25, -0.2) is 0 Å². The second-order valence-corrected chi connectivity index (χ2v) is 4.26. The maximum absolute atomic E-state index is 12.5. The van der Waals surface area contributed by atoms with Crippen LogP contribution in [0.2, 0.25) is 5.02 Å². The molecule has 3 nitrogen and oxygen atoms in total. The molecule has 2 aromatic rings. The van der Waals surface area contributed by atoms with Crippen LogP contribution in [0, 0.1) is 0 Å². The first-order valence-corrected chi connectivity index (χ1v) is 6.07. The third-order valence-corrected chi connectivity index (χ3v) is 3.10. The Morgan fingerprint density at radius 3 is 2.26 bits per heavy atom. The van der Waals surface area contributed by atoms with Crippen molar-refractivity contribution in [2.24, 2.45) is 0 Å². The summed E-state index contributed by atoms with van der Waals surface area (Å²) in [5.41, 5.74) is 0.866. The SMILES string of the molecule is COc1cccc(C(=O)c2ccccc2Cl)c1OC. The molecule has 0 radical (unpaired) electrons. The average molecular weight is 277 g/mol. The summed E-state index contributed by atoms with van der Waals surface area (Å²) < 4.78 is 10.4. The fraction of sp³-hybridized carbons (Fsp3) is 0.133. The van der Waals surface area contributed by atoms with E-state index in [1.165, 1.54) is 14.2 Å². The number of hydrogen-bond acceptors (Lipinski definition) is 3. The Morgan fingerprint density at radius 2 is 1.63 bits per heavy atom. The van der Waals surface area contributed by atoms with Crippen LogP contribution < -0.4 is 9.47 Å². The minimum absolute atomic E-state index is 0.193. The van der Waals surface area contributed by atoms with Crippen LogP contribution in [0.1, 0.15) is 15.9 Å². The highest BCUT2D eigenvalue weighted by atomic mass is 35.5. The monoisotopic (exact) mass is 276 g/mol. The summed E-state index contributed by atoms with van der Waals surface area (Å²) in [7, 11) is 3.03. The van der Waals surface area contributed by atoms with E-state index < -0.39 is 0 Å². The normalized spacial score (nSPS) is 10.1. The van der Waals surface area contributed by atoms with E-state index in [1.807, 2.05) is 0 Å². The average Bonchev–Trinajstić information content (AvgIpc) is 2.46. The van der Waals surface area contributed by atoms with Crippen LogP contribution in [0.5, 0.6) is 11.5 Å². The van der Waals surface area contributed by atoms with Gasteiger partial charge in [-0.3, -0.25) is 4.79 Å². The molecular weight excluding hydrogens is 264 g/mol. The number of rotatable bonds is 4. The molecule has 19 heavy (non-hydrogen) atoms. The molecule has 98 valence electrons. The quantitative estimate of drug-likeness (QED) is 0.801. The molecule has 0 fully saturated rings. The van der Waals surface area contributed by atoms with E-state index in [9.17, 15) is 4.79 Å². The van der Waals surface area contributed by atoms with E-state index >= 15 is 0 Å². The van der Waals surface area contributed by atoms with Crippen molar-refractivity contribution < 1.29 is 14.3 Å². The summed E-state index contributed by atoms with van der Waals surface area (Å²) in [6.07, 6.45) is 0. The van der Waals surface area contributed by atoms with E-state index in [2.05, 4.69) is 0 Å². The molecule has 2 aromatic carbocycles. The topological polar surface area (TPSA) is 35.5 Å². The van der Waals surface area contributed by atoms with Gasteiger partial charge in [0.1, 0.15) is 0 Å². The second-order valence-electron chi connectivity index (χ2n) is 3.85. The van der Waals surface area contributed by atoms with Gasteiger partial charge in [0.25, 0.3) is 0 Å². The molecule has 0 aromatic heterocycles. The van der Waals surface area contributed by atoms with Gasteiger partial charge in [-0.05, 0) is 24.3 Å². The molecule has 0 heterocycles. The molecule has 0 N–H and O–H groups in total. The van der Waals surface area contributed by atoms with Crippen LogP contribution in [-0.2, 0) is 0 Å². The molecule has 0 saturated carbocycles. The first-order chi connectivity index (χ1) is 9.19. The van der Waals surface area contributed by atoms with Crippen LogP contribution in [0.4, 0.5) is 0 Å². The van der Waals surface area contributed by atoms with Gasteiger partial charge in [0.2, 0.25) is 0 Å². The molecule has 4 heteroatoms. The van der Waals surface area contributed by atoms with Crippen molar-refractivity contribution >= 4 is 17.4 Å². The molecule has 0 unspecified atom stereocenters. The van der Waals surface area contributed by atoms with Gasteiger partial charge in [-0.1, -0.05) is 29.8 Å². The van der Waals surface area contributed by atoms with Crippen LogP contribution in [0.3, 0.4) is 0 Å². The molecule has 0 aliphatic heterocycles. The lowest BCUT2D eigenvalue weighted by atomic mass is 10.0. The third-order valence-electron chi connectivity index (χ3n) is 2.77. The molecule has 0 atom stereocenters. The maximum atomic E-state index is 12.5. The van der Waals surface area contributed by atoms with E-state index in [0.29, 0.717) is 27.6 Å². The van der Waals surface area contributed by atoms with Crippen molar-refractivity contribution in [3.8, 4) is 11.5 Å². The summed E-state index contributed by atoms with van der Waals surface area (Å²) in [6, 6.07) is 12.1. The van der Waals surface area contributed by atoms with Gasteiger partial charge in [-0.2, -0.15) is 0 Å². The van der Waals surface area contributed by atoms with Gasteiger partial charge in [-0.15, -0.1) is 0 Å². The third kappa shape index (κ3) is 2.56. The molecule has 0 amide bonds. The van der Waals surface area contributed by atoms with Crippen molar-refractivity contribution in [3.63, 3.8) is 0 Å². The number of hydrogen-bond donors (Lipinski definition) is 0. The van der Waals surface area contributed by atoms with Crippen LogP contribution in [0.15, 0.2) is 42.5 Å². The van der Waals surface area contributed by atoms with E-state index in [1.54, 1.807) is 42.5 Å². The van der Waals surface area contributed by atoms with E-state index in [-0.39, 0.29) is 5.78 Å².